The largest absolute Gasteiger partial charge is 0.438 e. The van der Waals surface area contributed by atoms with Crippen LogP contribution < -0.4 is 5.73 Å². The fraction of sp³-hybridized carbons (Fsp3) is 0. The number of nitrogens with two attached hydrogens (primary N) is 1. The molecule has 0 atom stereocenters. The van der Waals surface area contributed by atoms with Gasteiger partial charge in [-0.05, 0) is 59.0 Å². The number of anilines is 1. The third-order valence-electron chi connectivity index (χ3n) is 2.62. The van der Waals surface area contributed by atoms with Crippen molar-refractivity contribution in [1.29, 1.82) is 0 Å². The molecule has 3 nitrogen and oxygen atoms in total. The number of aromatic nitrogens is 1. The van der Waals surface area contributed by atoms with Gasteiger partial charge in [0.05, 0.1) is 3.57 Å². The molecule has 18 heavy (non-hydrogen) atoms. The minimum Gasteiger partial charge on any atom is -0.438 e. The van der Waals surface area contributed by atoms with E-state index in [1.807, 2.05) is 12.1 Å². The van der Waals surface area contributed by atoms with Crippen molar-refractivity contribution in [1.82, 2.24) is 4.98 Å². The van der Waals surface area contributed by atoms with Crippen molar-refractivity contribution in [3.8, 4) is 11.3 Å². The summed E-state index contributed by atoms with van der Waals surface area (Å²) in [4.78, 5) is 4.17. The van der Waals surface area contributed by atoms with Crippen LogP contribution in [0.1, 0.15) is 0 Å². The van der Waals surface area contributed by atoms with E-state index in [4.69, 9.17) is 10.2 Å². The number of halogens is 2. The minimum absolute atomic E-state index is 0.272. The number of nitrogen functional groups attached to an aromatic ring is 1. The molecular weight excluding hydrogens is 346 g/mol. The Balaban J connectivity index is 2.16. The Morgan fingerprint density at radius 1 is 1.17 bits per heavy atom. The van der Waals surface area contributed by atoms with Crippen molar-refractivity contribution in [2.45, 2.75) is 0 Å². The van der Waals surface area contributed by atoms with E-state index in [0.717, 1.165) is 14.5 Å². The summed E-state index contributed by atoms with van der Waals surface area (Å²) in [5.41, 5.74) is 7.03. The molecule has 0 saturated heterocycles. The summed E-state index contributed by atoms with van der Waals surface area (Å²) in [5.74, 6) is 0.828. The number of benzene rings is 1. The molecule has 0 bridgehead atoms. The Labute approximate surface area is 116 Å². The molecule has 0 aliphatic carbocycles. The van der Waals surface area contributed by atoms with Gasteiger partial charge in [0.2, 0.25) is 5.71 Å². The van der Waals surface area contributed by atoms with Crippen molar-refractivity contribution >= 4 is 39.5 Å². The van der Waals surface area contributed by atoms with Crippen LogP contribution in [0.25, 0.3) is 22.4 Å². The van der Waals surface area contributed by atoms with Gasteiger partial charge >= 0.3 is 0 Å². The summed E-state index contributed by atoms with van der Waals surface area (Å²) >= 11 is 2.12. The molecule has 2 heterocycles. The Morgan fingerprint density at radius 3 is 2.61 bits per heavy atom. The maximum absolute atomic E-state index is 12.9. The summed E-state index contributed by atoms with van der Waals surface area (Å²) < 4.78 is 19.3. The van der Waals surface area contributed by atoms with Gasteiger partial charge in [-0.15, -0.1) is 0 Å². The van der Waals surface area contributed by atoms with Crippen LogP contribution >= 0.6 is 22.6 Å². The van der Waals surface area contributed by atoms with Crippen molar-refractivity contribution in [3.05, 3.63) is 45.8 Å². The standard InChI is InChI=1S/C13H8FIN2O/c14-9-3-1-7(2-4-9)11-6-8-5-10(15)12(16)17-13(8)18-11/h1-6H,(H2,16,17). The number of fused-ring (bicyclic) bond motifs is 1. The molecule has 0 amide bonds. The molecule has 0 saturated carbocycles. The van der Waals surface area contributed by atoms with E-state index in [-0.39, 0.29) is 5.82 Å². The number of pyridine rings is 1. The first-order valence-corrected chi connectivity index (χ1v) is 6.33. The summed E-state index contributed by atoms with van der Waals surface area (Å²) in [5, 5.41) is 0.882. The van der Waals surface area contributed by atoms with Crippen LogP contribution in [0.2, 0.25) is 0 Å². The molecule has 0 unspecified atom stereocenters. The van der Waals surface area contributed by atoms with Gasteiger partial charge in [0.1, 0.15) is 17.4 Å². The lowest BCUT2D eigenvalue weighted by Crippen LogP contribution is -1.92. The van der Waals surface area contributed by atoms with E-state index in [9.17, 15) is 4.39 Å². The zero-order valence-corrected chi connectivity index (χ0v) is 11.3. The van der Waals surface area contributed by atoms with E-state index in [1.165, 1.54) is 12.1 Å². The van der Waals surface area contributed by atoms with Crippen LogP contribution in [0.4, 0.5) is 10.2 Å². The summed E-state index contributed by atoms with van der Waals surface area (Å²) in [7, 11) is 0. The fourth-order valence-corrected chi connectivity index (χ4v) is 2.17. The van der Waals surface area contributed by atoms with Crippen molar-refractivity contribution in [2.75, 3.05) is 5.73 Å². The van der Waals surface area contributed by atoms with Gasteiger partial charge in [0.25, 0.3) is 0 Å². The third kappa shape index (κ3) is 1.94. The summed E-state index contributed by atoms with van der Waals surface area (Å²) in [6, 6.07) is 9.91. The van der Waals surface area contributed by atoms with Crippen molar-refractivity contribution < 1.29 is 8.81 Å². The second-order valence-electron chi connectivity index (χ2n) is 3.87. The Morgan fingerprint density at radius 2 is 1.89 bits per heavy atom. The lowest BCUT2D eigenvalue weighted by atomic mass is 10.1. The Bertz CT molecular complexity index is 683. The SMILES string of the molecule is Nc1nc2oc(-c3ccc(F)cc3)cc2cc1I. The topological polar surface area (TPSA) is 52.0 Å². The molecule has 3 rings (SSSR count). The maximum Gasteiger partial charge on any atom is 0.228 e. The van der Waals surface area contributed by atoms with Crippen LogP contribution in [-0.4, -0.2) is 4.98 Å². The molecule has 3 aromatic rings. The van der Waals surface area contributed by atoms with Gasteiger partial charge in [-0.2, -0.15) is 4.98 Å². The van der Waals surface area contributed by atoms with Gasteiger partial charge in [-0.1, -0.05) is 0 Å². The van der Waals surface area contributed by atoms with E-state index in [1.54, 1.807) is 12.1 Å². The molecule has 2 aromatic heterocycles. The van der Waals surface area contributed by atoms with E-state index >= 15 is 0 Å². The van der Waals surface area contributed by atoms with Crippen LogP contribution in [0.3, 0.4) is 0 Å². The molecule has 2 N–H and O–H groups in total. The second-order valence-corrected chi connectivity index (χ2v) is 5.03. The molecular formula is C13H8FIN2O. The molecule has 0 aliphatic heterocycles. The normalized spacial score (nSPS) is 11.0. The summed E-state index contributed by atoms with van der Waals surface area (Å²) in [6.45, 7) is 0. The zero-order chi connectivity index (χ0) is 12.7. The van der Waals surface area contributed by atoms with Gasteiger partial charge < -0.3 is 10.2 Å². The summed E-state index contributed by atoms with van der Waals surface area (Å²) in [6.07, 6.45) is 0. The lowest BCUT2D eigenvalue weighted by Gasteiger charge is -1.95. The highest BCUT2D eigenvalue weighted by Crippen LogP contribution is 2.29. The maximum atomic E-state index is 12.9. The molecule has 1 aromatic carbocycles. The lowest BCUT2D eigenvalue weighted by molar-refractivity contribution is 0.616. The quantitative estimate of drug-likeness (QED) is 0.676. The zero-order valence-electron chi connectivity index (χ0n) is 9.15. The molecule has 90 valence electrons. The average molecular weight is 354 g/mol. The van der Waals surface area contributed by atoms with Gasteiger partial charge in [-0.25, -0.2) is 4.39 Å². The van der Waals surface area contributed by atoms with Crippen molar-refractivity contribution in [2.24, 2.45) is 0 Å². The van der Waals surface area contributed by atoms with Gasteiger partial charge in [0, 0.05) is 10.9 Å². The second kappa shape index (κ2) is 4.24. The Kier molecular flexibility index (Phi) is 2.70. The van der Waals surface area contributed by atoms with E-state index < -0.39 is 0 Å². The molecule has 0 spiro atoms. The highest BCUT2D eigenvalue weighted by atomic mass is 127. The predicted octanol–water partition coefficient (Wildman–Crippen LogP) is 3.82. The molecule has 0 aliphatic rings. The monoisotopic (exact) mass is 354 g/mol. The first-order chi connectivity index (χ1) is 8.63. The number of hydrogen-bond acceptors (Lipinski definition) is 3. The number of furan rings is 1. The number of hydrogen-bond donors (Lipinski definition) is 1. The highest BCUT2D eigenvalue weighted by Gasteiger charge is 2.09. The van der Waals surface area contributed by atoms with Crippen molar-refractivity contribution in [3.63, 3.8) is 0 Å². The fourth-order valence-electron chi connectivity index (χ4n) is 1.72. The minimum atomic E-state index is -0.272. The average Bonchev–Trinajstić information content (AvgIpc) is 2.73. The van der Waals surface area contributed by atoms with Crippen LogP contribution in [0.15, 0.2) is 40.8 Å². The molecule has 5 heteroatoms. The first kappa shape index (κ1) is 11.5. The highest BCUT2D eigenvalue weighted by molar-refractivity contribution is 14.1. The van der Waals surface area contributed by atoms with Crippen LogP contribution in [0.5, 0.6) is 0 Å². The Hall–Kier alpha value is -1.63. The van der Waals surface area contributed by atoms with Crippen LogP contribution in [-0.2, 0) is 0 Å². The van der Waals surface area contributed by atoms with E-state index in [0.29, 0.717) is 17.3 Å². The van der Waals surface area contributed by atoms with Gasteiger partial charge in [-0.3, -0.25) is 0 Å². The smallest absolute Gasteiger partial charge is 0.228 e. The number of rotatable bonds is 1. The predicted molar refractivity (Wildman–Crippen MR) is 76.5 cm³/mol. The van der Waals surface area contributed by atoms with Gasteiger partial charge in [0.15, 0.2) is 0 Å². The molecule has 0 fully saturated rings. The first-order valence-electron chi connectivity index (χ1n) is 5.25. The van der Waals surface area contributed by atoms with E-state index in [2.05, 4.69) is 27.6 Å². The third-order valence-corrected chi connectivity index (χ3v) is 3.48. The molecule has 0 radical (unpaired) electrons. The van der Waals surface area contributed by atoms with Crippen LogP contribution in [0, 0.1) is 9.39 Å². The number of nitrogens with zero attached hydrogens (tertiary/aromatic N) is 1.